The summed E-state index contributed by atoms with van der Waals surface area (Å²) < 4.78 is 0.795. The summed E-state index contributed by atoms with van der Waals surface area (Å²) in [5, 5.41) is 12.2. The fourth-order valence-electron chi connectivity index (χ4n) is 2.45. The van der Waals surface area contributed by atoms with E-state index in [1.165, 1.54) is 6.42 Å². The predicted octanol–water partition coefficient (Wildman–Crippen LogP) is 2.65. The van der Waals surface area contributed by atoms with Crippen LogP contribution in [0.2, 0.25) is 0 Å². The maximum atomic E-state index is 12.9. The number of nitrogens with one attached hydrogen (secondary N) is 1. The highest BCUT2D eigenvalue weighted by molar-refractivity contribution is 9.10. The molecule has 1 aromatic rings. The van der Waals surface area contributed by atoms with E-state index in [2.05, 4.69) is 26.2 Å². The van der Waals surface area contributed by atoms with Crippen molar-refractivity contribution in [2.75, 3.05) is 25.0 Å². The molecule has 2 rings (SSSR count). The van der Waals surface area contributed by atoms with Gasteiger partial charge >= 0.3 is 0 Å². The van der Waals surface area contributed by atoms with Crippen LogP contribution < -0.4 is 5.32 Å². The molecule has 5 nitrogen and oxygen atoms in total. The molecule has 0 bridgehead atoms. The van der Waals surface area contributed by atoms with Crippen LogP contribution in [0.1, 0.15) is 43.0 Å². The monoisotopic (exact) mass is 355 g/mol. The van der Waals surface area contributed by atoms with Crippen molar-refractivity contribution in [3.05, 3.63) is 22.3 Å². The first-order chi connectivity index (χ1) is 10.2. The van der Waals surface area contributed by atoms with Gasteiger partial charge in [0.15, 0.2) is 0 Å². The van der Waals surface area contributed by atoms with Crippen LogP contribution in [0.4, 0.5) is 5.82 Å². The molecule has 0 saturated heterocycles. The fraction of sp³-hybridized carbons (Fsp3) is 0.600. The summed E-state index contributed by atoms with van der Waals surface area (Å²) in [6.07, 6.45) is 5.57. The topological polar surface area (TPSA) is 65.5 Å². The number of carbonyl (C=O) groups is 1. The average Bonchev–Trinajstić information content (AvgIpc) is 2.42. The minimum absolute atomic E-state index is 0.00194. The van der Waals surface area contributed by atoms with E-state index in [4.69, 9.17) is 5.11 Å². The van der Waals surface area contributed by atoms with Crippen molar-refractivity contribution in [2.45, 2.75) is 38.6 Å². The van der Waals surface area contributed by atoms with E-state index in [1.807, 2.05) is 17.9 Å². The number of anilines is 1. The van der Waals surface area contributed by atoms with Crippen LogP contribution in [0.3, 0.4) is 0 Å². The Morgan fingerprint density at radius 2 is 2.33 bits per heavy atom. The molecular weight excluding hydrogens is 334 g/mol. The number of hydrogen-bond donors (Lipinski definition) is 2. The summed E-state index contributed by atoms with van der Waals surface area (Å²) in [7, 11) is 0. The summed E-state index contributed by atoms with van der Waals surface area (Å²) in [4.78, 5) is 19.1. The van der Waals surface area contributed by atoms with E-state index in [0.717, 1.165) is 23.9 Å². The van der Waals surface area contributed by atoms with Gasteiger partial charge in [0.1, 0.15) is 5.82 Å². The summed E-state index contributed by atoms with van der Waals surface area (Å²) >= 11 is 3.38. The van der Waals surface area contributed by atoms with E-state index in [9.17, 15) is 4.79 Å². The molecule has 6 heteroatoms. The van der Waals surface area contributed by atoms with Crippen LogP contribution in [0.25, 0.3) is 0 Å². The first-order valence-electron chi connectivity index (χ1n) is 7.48. The van der Waals surface area contributed by atoms with E-state index in [1.54, 1.807) is 6.20 Å². The van der Waals surface area contributed by atoms with Crippen molar-refractivity contribution in [2.24, 2.45) is 0 Å². The highest BCUT2D eigenvalue weighted by Crippen LogP contribution is 2.28. The van der Waals surface area contributed by atoms with Gasteiger partial charge in [0.2, 0.25) is 0 Å². The minimum Gasteiger partial charge on any atom is -0.396 e. The van der Waals surface area contributed by atoms with Gasteiger partial charge < -0.3 is 15.3 Å². The zero-order valence-electron chi connectivity index (χ0n) is 12.3. The third kappa shape index (κ3) is 3.95. The van der Waals surface area contributed by atoms with Crippen molar-refractivity contribution in [3.63, 3.8) is 0 Å². The van der Waals surface area contributed by atoms with Crippen molar-refractivity contribution in [1.82, 2.24) is 9.88 Å². The molecule has 0 atom stereocenters. The Bertz CT molecular complexity index is 492. The molecule has 1 heterocycles. The highest BCUT2D eigenvalue weighted by atomic mass is 79.9. The zero-order valence-corrected chi connectivity index (χ0v) is 13.9. The smallest absolute Gasteiger partial charge is 0.257 e. The number of aromatic nitrogens is 1. The van der Waals surface area contributed by atoms with Gasteiger partial charge in [0.05, 0.1) is 5.56 Å². The van der Waals surface area contributed by atoms with Crippen molar-refractivity contribution < 1.29 is 9.90 Å². The summed E-state index contributed by atoms with van der Waals surface area (Å²) in [5.74, 6) is 0.622. The second-order valence-electron chi connectivity index (χ2n) is 5.24. The van der Waals surface area contributed by atoms with Gasteiger partial charge in [-0.05, 0) is 54.6 Å². The number of pyridine rings is 1. The largest absolute Gasteiger partial charge is 0.396 e. The molecule has 1 saturated carbocycles. The van der Waals surface area contributed by atoms with Gasteiger partial charge in [-0.1, -0.05) is 0 Å². The normalized spacial score (nSPS) is 14.6. The Balaban J connectivity index is 2.24. The summed E-state index contributed by atoms with van der Waals surface area (Å²) in [6.45, 7) is 3.40. The lowest BCUT2D eigenvalue weighted by Gasteiger charge is -2.38. The molecule has 1 aromatic heterocycles. The molecule has 1 aliphatic rings. The zero-order chi connectivity index (χ0) is 15.2. The van der Waals surface area contributed by atoms with Crippen LogP contribution in [-0.2, 0) is 0 Å². The first-order valence-corrected chi connectivity index (χ1v) is 8.28. The quantitative estimate of drug-likeness (QED) is 0.788. The number of nitrogens with zero attached hydrogens (tertiary/aromatic N) is 2. The molecular formula is C15H22BrN3O2. The van der Waals surface area contributed by atoms with Crippen molar-refractivity contribution in [3.8, 4) is 0 Å². The fourth-order valence-corrected chi connectivity index (χ4v) is 2.79. The number of aliphatic hydroxyl groups is 1. The highest BCUT2D eigenvalue weighted by Gasteiger charge is 2.30. The Hall–Kier alpha value is -1.14. The van der Waals surface area contributed by atoms with Gasteiger partial charge in [0, 0.05) is 36.4 Å². The first kappa shape index (κ1) is 16.2. The number of amides is 1. The predicted molar refractivity (Wildman–Crippen MR) is 86.5 cm³/mol. The lowest BCUT2D eigenvalue weighted by atomic mass is 9.91. The van der Waals surface area contributed by atoms with Crippen LogP contribution >= 0.6 is 15.9 Å². The van der Waals surface area contributed by atoms with Crippen LogP contribution in [0.15, 0.2) is 16.7 Å². The van der Waals surface area contributed by atoms with Gasteiger partial charge in [-0.15, -0.1) is 0 Å². The van der Waals surface area contributed by atoms with Gasteiger partial charge in [-0.25, -0.2) is 4.98 Å². The Morgan fingerprint density at radius 3 is 2.90 bits per heavy atom. The van der Waals surface area contributed by atoms with Gasteiger partial charge in [-0.2, -0.15) is 0 Å². The van der Waals surface area contributed by atoms with Crippen molar-refractivity contribution >= 4 is 27.7 Å². The third-order valence-electron chi connectivity index (χ3n) is 3.76. The van der Waals surface area contributed by atoms with Gasteiger partial charge in [-0.3, -0.25) is 4.79 Å². The molecule has 1 amide bonds. The number of rotatable bonds is 7. The maximum absolute atomic E-state index is 12.9. The molecule has 0 radical (unpaired) electrons. The molecule has 0 unspecified atom stereocenters. The lowest BCUT2D eigenvalue weighted by Crippen LogP contribution is -2.45. The number of halogens is 1. The molecule has 116 valence electrons. The number of hydrogen-bond acceptors (Lipinski definition) is 4. The molecule has 1 fully saturated rings. The Labute approximate surface area is 133 Å². The lowest BCUT2D eigenvalue weighted by molar-refractivity contribution is 0.0563. The Morgan fingerprint density at radius 1 is 1.57 bits per heavy atom. The third-order valence-corrected chi connectivity index (χ3v) is 4.20. The molecule has 2 N–H and O–H groups in total. The maximum Gasteiger partial charge on any atom is 0.257 e. The number of aliphatic hydroxyl groups excluding tert-OH is 1. The van der Waals surface area contributed by atoms with E-state index >= 15 is 0 Å². The van der Waals surface area contributed by atoms with Crippen molar-refractivity contribution in [1.29, 1.82) is 0 Å². The SMILES string of the molecule is CCNc1ncc(Br)cc1C(=O)N(CCCO)C1CCC1. The molecule has 0 aromatic carbocycles. The molecule has 0 aliphatic heterocycles. The Kier molecular flexibility index (Phi) is 5.99. The standard InChI is InChI=1S/C15H22BrN3O2/c1-2-17-14-13(9-11(16)10-18-14)15(21)19(7-4-8-20)12-5-3-6-12/h9-10,12,20H,2-8H2,1H3,(H,17,18). The van der Waals surface area contributed by atoms with E-state index in [0.29, 0.717) is 30.4 Å². The van der Waals surface area contributed by atoms with E-state index in [-0.39, 0.29) is 12.5 Å². The van der Waals surface area contributed by atoms with Gasteiger partial charge in [0.25, 0.3) is 5.91 Å². The summed E-state index contributed by atoms with van der Waals surface area (Å²) in [5.41, 5.74) is 0.594. The van der Waals surface area contributed by atoms with Crippen LogP contribution in [-0.4, -0.2) is 46.6 Å². The number of carbonyl (C=O) groups excluding carboxylic acids is 1. The molecule has 1 aliphatic carbocycles. The van der Waals surface area contributed by atoms with Crippen LogP contribution in [0.5, 0.6) is 0 Å². The van der Waals surface area contributed by atoms with Crippen LogP contribution in [0, 0.1) is 0 Å². The average molecular weight is 356 g/mol. The molecule has 21 heavy (non-hydrogen) atoms. The summed E-state index contributed by atoms with van der Waals surface area (Å²) in [6, 6.07) is 2.12. The van der Waals surface area contributed by atoms with E-state index < -0.39 is 0 Å². The minimum atomic E-state index is -0.00194. The molecule has 0 spiro atoms. The second kappa shape index (κ2) is 7.75. The second-order valence-corrected chi connectivity index (χ2v) is 6.16.